The zero-order valence-corrected chi connectivity index (χ0v) is 12.8. The Labute approximate surface area is 121 Å². The summed E-state index contributed by atoms with van der Waals surface area (Å²) in [6, 6.07) is -0.750. The van der Waals surface area contributed by atoms with Crippen LogP contribution in [0, 0.1) is 0 Å². The van der Waals surface area contributed by atoms with Crippen molar-refractivity contribution >= 4 is 11.8 Å². The lowest BCUT2D eigenvalue weighted by atomic mass is 10.0. The normalized spacial score (nSPS) is 22.9. The highest BCUT2D eigenvalue weighted by Crippen LogP contribution is 2.15. The molecule has 2 amide bonds. The molecule has 0 aliphatic carbocycles. The molecule has 5 heteroatoms. The van der Waals surface area contributed by atoms with Crippen LogP contribution in [0.3, 0.4) is 0 Å². The zero-order valence-electron chi connectivity index (χ0n) is 12.8. The van der Waals surface area contributed by atoms with Gasteiger partial charge in [-0.2, -0.15) is 0 Å². The molecule has 0 saturated carbocycles. The molecule has 2 unspecified atom stereocenters. The summed E-state index contributed by atoms with van der Waals surface area (Å²) in [5.74, 6) is -0.0392. The van der Waals surface area contributed by atoms with Crippen molar-refractivity contribution in [2.24, 2.45) is 0 Å². The maximum Gasteiger partial charge on any atom is 0.245 e. The van der Waals surface area contributed by atoms with E-state index < -0.39 is 0 Å². The molecule has 0 aromatic heterocycles. The number of piperazine rings is 1. The third kappa shape index (κ3) is 4.34. The van der Waals surface area contributed by atoms with Gasteiger partial charge in [-0.15, -0.1) is 0 Å². The average Bonchev–Trinajstić information content (AvgIpc) is 2.39. The van der Waals surface area contributed by atoms with Gasteiger partial charge in [-0.25, -0.2) is 0 Å². The van der Waals surface area contributed by atoms with Gasteiger partial charge in [0.25, 0.3) is 0 Å². The minimum Gasteiger partial charge on any atom is -0.375 e. The fourth-order valence-electron chi connectivity index (χ4n) is 2.39. The van der Waals surface area contributed by atoms with Crippen molar-refractivity contribution in [3.63, 3.8) is 0 Å². The Bertz CT molecular complexity index is 368. The molecule has 0 spiro atoms. The smallest absolute Gasteiger partial charge is 0.245 e. The zero-order chi connectivity index (χ0) is 15.1. The molecule has 2 atom stereocenters. The molecular weight excluding hydrogens is 256 g/mol. The van der Waals surface area contributed by atoms with Crippen LogP contribution in [0.25, 0.3) is 0 Å². The minimum absolute atomic E-state index is 0.0113. The summed E-state index contributed by atoms with van der Waals surface area (Å²) in [7, 11) is 0. The van der Waals surface area contributed by atoms with E-state index in [0.717, 1.165) is 12.0 Å². The summed E-state index contributed by atoms with van der Waals surface area (Å²) < 4.78 is 5.44. The summed E-state index contributed by atoms with van der Waals surface area (Å²) in [6.07, 6.45) is 2.18. The van der Waals surface area contributed by atoms with E-state index in [0.29, 0.717) is 32.6 Å². The molecule has 1 saturated heterocycles. The molecule has 1 aliphatic heterocycles. The topological polar surface area (TPSA) is 58.6 Å². The SMILES string of the molecule is C=C(C)COCCN1C(=O)C(CCC)NC(=O)C1CC. The number of nitrogens with one attached hydrogen (secondary N) is 1. The molecule has 1 N–H and O–H groups in total. The van der Waals surface area contributed by atoms with Crippen LogP contribution in [-0.2, 0) is 14.3 Å². The van der Waals surface area contributed by atoms with Crippen molar-refractivity contribution in [2.75, 3.05) is 19.8 Å². The van der Waals surface area contributed by atoms with Crippen LogP contribution in [0.5, 0.6) is 0 Å². The number of hydrogen-bond acceptors (Lipinski definition) is 3. The predicted molar refractivity (Wildman–Crippen MR) is 78.3 cm³/mol. The Kier molecular flexibility index (Phi) is 6.71. The van der Waals surface area contributed by atoms with Gasteiger partial charge in [0.2, 0.25) is 11.8 Å². The minimum atomic E-state index is -0.378. The van der Waals surface area contributed by atoms with Gasteiger partial charge in [-0.3, -0.25) is 9.59 Å². The van der Waals surface area contributed by atoms with Crippen LogP contribution in [0.15, 0.2) is 12.2 Å². The summed E-state index contributed by atoms with van der Waals surface area (Å²) in [4.78, 5) is 26.1. The lowest BCUT2D eigenvalue weighted by molar-refractivity contribution is -0.150. The quantitative estimate of drug-likeness (QED) is 0.542. The highest BCUT2D eigenvalue weighted by Gasteiger charge is 2.38. The van der Waals surface area contributed by atoms with E-state index in [1.54, 1.807) is 4.90 Å². The molecule has 1 aliphatic rings. The summed E-state index contributed by atoms with van der Waals surface area (Å²) in [5.41, 5.74) is 0.948. The van der Waals surface area contributed by atoms with Gasteiger partial charge < -0.3 is 15.0 Å². The number of nitrogens with zero attached hydrogens (tertiary/aromatic N) is 1. The van der Waals surface area contributed by atoms with Crippen LogP contribution in [-0.4, -0.2) is 48.6 Å². The molecule has 1 fully saturated rings. The van der Waals surface area contributed by atoms with Gasteiger partial charge in [-0.05, 0) is 19.8 Å². The van der Waals surface area contributed by atoms with E-state index >= 15 is 0 Å². The van der Waals surface area contributed by atoms with Crippen molar-refractivity contribution in [3.8, 4) is 0 Å². The van der Waals surface area contributed by atoms with Crippen molar-refractivity contribution in [3.05, 3.63) is 12.2 Å². The van der Waals surface area contributed by atoms with E-state index in [4.69, 9.17) is 4.74 Å². The second kappa shape index (κ2) is 8.04. The molecule has 0 radical (unpaired) electrons. The van der Waals surface area contributed by atoms with Crippen LogP contribution in [0.2, 0.25) is 0 Å². The second-order valence-electron chi connectivity index (χ2n) is 5.32. The van der Waals surface area contributed by atoms with Gasteiger partial charge in [0.1, 0.15) is 12.1 Å². The standard InChI is InChI=1S/C15H26N2O3/c1-5-7-12-15(19)17(8-9-20-10-11(3)4)13(6-2)14(18)16-12/h12-13H,3,5-10H2,1-2,4H3,(H,16,18). The van der Waals surface area contributed by atoms with E-state index in [1.165, 1.54) is 0 Å². The van der Waals surface area contributed by atoms with E-state index in [2.05, 4.69) is 11.9 Å². The van der Waals surface area contributed by atoms with Crippen LogP contribution in [0.1, 0.15) is 40.0 Å². The third-order valence-electron chi connectivity index (χ3n) is 3.37. The second-order valence-corrected chi connectivity index (χ2v) is 5.32. The Morgan fingerprint density at radius 1 is 1.40 bits per heavy atom. The largest absolute Gasteiger partial charge is 0.375 e. The Morgan fingerprint density at radius 3 is 2.65 bits per heavy atom. The van der Waals surface area contributed by atoms with E-state index in [9.17, 15) is 9.59 Å². The Morgan fingerprint density at radius 2 is 2.10 bits per heavy atom. The molecule has 0 bridgehead atoms. The molecule has 114 valence electrons. The summed E-state index contributed by atoms with van der Waals surface area (Å²) in [5, 5.41) is 2.82. The first-order valence-electron chi connectivity index (χ1n) is 7.34. The number of hydrogen-bond donors (Lipinski definition) is 1. The Balaban J connectivity index is 2.63. The average molecular weight is 282 g/mol. The van der Waals surface area contributed by atoms with Gasteiger partial charge in [0.05, 0.1) is 13.2 Å². The molecule has 1 heterocycles. The molecule has 20 heavy (non-hydrogen) atoms. The van der Waals surface area contributed by atoms with Crippen LogP contribution < -0.4 is 5.32 Å². The van der Waals surface area contributed by atoms with Gasteiger partial charge in [-0.1, -0.05) is 32.4 Å². The monoisotopic (exact) mass is 282 g/mol. The van der Waals surface area contributed by atoms with Gasteiger partial charge in [0.15, 0.2) is 0 Å². The molecular formula is C15H26N2O3. The van der Waals surface area contributed by atoms with Crippen molar-refractivity contribution in [1.29, 1.82) is 0 Å². The molecule has 0 aromatic rings. The Hall–Kier alpha value is -1.36. The highest BCUT2D eigenvalue weighted by molar-refractivity contribution is 5.96. The van der Waals surface area contributed by atoms with Crippen LogP contribution in [0.4, 0.5) is 0 Å². The summed E-state index contributed by atoms with van der Waals surface area (Å²) in [6.45, 7) is 11.0. The highest BCUT2D eigenvalue weighted by atomic mass is 16.5. The molecule has 1 rings (SSSR count). The number of ether oxygens (including phenoxy) is 1. The lowest BCUT2D eigenvalue weighted by Crippen LogP contribution is -2.63. The molecule has 5 nitrogen and oxygen atoms in total. The summed E-state index contributed by atoms with van der Waals surface area (Å²) >= 11 is 0. The van der Waals surface area contributed by atoms with E-state index in [-0.39, 0.29) is 23.9 Å². The maximum absolute atomic E-state index is 12.4. The third-order valence-corrected chi connectivity index (χ3v) is 3.37. The van der Waals surface area contributed by atoms with Crippen molar-refractivity contribution in [2.45, 2.75) is 52.1 Å². The fourth-order valence-corrected chi connectivity index (χ4v) is 2.39. The predicted octanol–water partition coefficient (Wildman–Crippen LogP) is 1.48. The number of carbonyl (C=O) groups is 2. The fraction of sp³-hybridized carbons (Fsp3) is 0.733. The van der Waals surface area contributed by atoms with Crippen molar-refractivity contribution in [1.82, 2.24) is 10.2 Å². The first-order valence-corrected chi connectivity index (χ1v) is 7.34. The first kappa shape index (κ1) is 16.7. The first-order chi connectivity index (χ1) is 9.51. The van der Waals surface area contributed by atoms with Crippen LogP contribution >= 0.6 is 0 Å². The number of rotatable bonds is 8. The number of carbonyl (C=O) groups excluding carboxylic acids is 2. The lowest BCUT2D eigenvalue weighted by Gasteiger charge is -2.38. The van der Waals surface area contributed by atoms with Gasteiger partial charge in [0, 0.05) is 6.54 Å². The van der Waals surface area contributed by atoms with Crippen molar-refractivity contribution < 1.29 is 14.3 Å². The van der Waals surface area contributed by atoms with Gasteiger partial charge >= 0.3 is 0 Å². The maximum atomic E-state index is 12.4. The molecule has 0 aromatic carbocycles. The number of amides is 2. The van der Waals surface area contributed by atoms with E-state index in [1.807, 2.05) is 20.8 Å².